The predicted molar refractivity (Wildman–Crippen MR) is 122 cm³/mol. The molecule has 10 heteroatoms. The van der Waals surface area contributed by atoms with Gasteiger partial charge in [0.1, 0.15) is 5.92 Å². The van der Waals surface area contributed by atoms with Gasteiger partial charge in [0.25, 0.3) is 11.6 Å². The number of imide groups is 1. The molecule has 0 N–H and O–H groups in total. The van der Waals surface area contributed by atoms with E-state index in [2.05, 4.69) is 0 Å². The Morgan fingerprint density at radius 1 is 0.848 bits per heavy atom. The molecule has 2 saturated heterocycles. The molecule has 0 bridgehead atoms. The molecule has 8 nitrogen and oxygen atoms in total. The average Bonchev–Trinajstić information content (AvgIpc) is 3.32. The number of hydroxylamine groups is 1. The summed E-state index contributed by atoms with van der Waals surface area (Å²) in [5.41, 5.74) is 1.48. The average molecular weight is 484 g/mol. The fourth-order valence-corrected chi connectivity index (χ4v) is 4.52. The van der Waals surface area contributed by atoms with Gasteiger partial charge in [0.15, 0.2) is 6.10 Å². The van der Waals surface area contributed by atoms with Gasteiger partial charge in [-0.25, -0.2) is 9.96 Å². The number of carbonyl (C=O) groups is 2. The number of fused-ring (bicyclic) bond motifs is 1. The summed E-state index contributed by atoms with van der Waals surface area (Å²) in [6.45, 7) is 0. The third-order valence-corrected chi connectivity index (χ3v) is 6.47. The normalized spacial score (nSPS) is 22.1. The number of hydrogen-bond acceptors (Lipinski definition) is 6. The van der Waals surface area contributed by atoms with Crippen LogP contribution in [-0.4, -0.2) is 22.8 Å². The van der Waals surface area contributed by atoms with Crippen LogP contribution in [0.1, 0.15) is 11.6 Å². The predicted octanol–water partition coefficient (Wildman–Crippen LogP) is 4.95. The Morgan fingerprint density at radius 2 is 1.55 bits per heavy atom. The fraction of sp³-hybridized carbons (Fsp3) is 0.130. The van der Waals surface area contributed by atoms with Crippen molar-refractivity contribution in [3.05, 3.63) is 98.5 Å². The molecule has 0 spiro atoms. The lowest BCUT2D eigenvalue weighted by molar-refractivity contribution is -0.384. The van der Waals surface area contributed by atoms with Crippen molar-refractivity contribution in [3.8, 4) is 0 Å². The first kappa shape index (κ1) is 21.4. The van der Waals surface area contributed by atoms with Gasteiger partial charge in [0.2, 0.25) is 5.91 Å². The molecule has 3 aromatic carbocycles. The van der Waals surface area contributed by atoms with E-state index in [0.29, 0.717) is 22.0 Å². The van der Waals surface area contributed by atoms with Crippen molar-refractivity contribution >= 4 is 52.1 Å². The monoisotopic (exact) mass is 483 g/mol. The highest BCUT2D eigenvalue weighted by molar-refractivity contribution is 6.42. The zero-order valence-corrected chi connectivity index (χ0v) is 18.3. The number of non-ortho nitro benzene ring substituents is 1. The van der Waals surface area contributed by atoms with E-state index in [9.17, 15) is 19.7 Å². The summed E-state index contributed by atoms with van der Waals surface area (Å²) in [5.74, 6) is -1.84. The highest BCUT2D eigenvalue weighted by Gasteiger charge is 2.60. The molecule has 0 aromatic heterocycles. The number of nitro benzene ring substituents is 1. The van der Waals surface area contributed by atoms with Gasteiger partial charge in [-0.2, -0.15) is 0 Å². The van der Waals surface area contributed by atoms with Crippen molar-refractivity contribution in [1.29, 1.82) is 0 Å². The maximum atomic E-state index is 13.5. The minimum absolute atomic E-state index is 0.0771. The molecule has 166 valence electrons. The van der Waals surface area contributed by atoms with Gasteiger partial charge >= 0.3 is 0 Å². The summed E-state index contributed by atoms with van der Waals surface area (Å²) in [6, 6.07) is 18.8. The van der Waals surface area contributed by atoms with Crippen molar-refractivity contribution in [2.24, 2.45) is 5.92 Å². The van der Waals surface area contributed by atoms with E-state index >= 15 is 0 Å². The third kappa shape index (κ3) is 3.52. The van der Waals surface area contributed by atoms with Crippen LogP contribution in [0.5, 0.6) is 0 Å². The summed E-state index contributed by atoms with van der Waals surface area (Å²) in [5, 5.41) is 13.1. The van der Waals surface area contributed by atoms with Gasteiger partial charge < -0.3 is 0 Å². The number of rotatable bonds is 4. The number of para-hydroxylation sites is 1. The number of anilines is 2. The quantitative estimate of drug-likeness (QED) is 0.296. The Balaban J connectivity index is 1.58. The van der Waals surface area contributed by atoms with Crippen LogP contribution in [0, 0.1) is 16.0 Å². The van der Waals surface area contributed by atoms with Gasteiger partial charge in [0.05, 0.1) is 32.4 Å². The first-order valence-electron chi connectivity index (χ1n) is 9.95. The van der Waals surface area contributed by atoms with E-state index in [1.165, 1.54) is 29.3 Å². The van der Waals surface area contributed by atoms with Gasteiger partial charge in [-0.1, -0.05) is 53.5 Å². The van der Waals surface area contributed by atoms with Crippen LogP contribution in [0.4, 0.5) is 17.1 Å². The van der Waals surface area contributed by atoms with E-state index in [0.717, 1.165) is 4.90 Å². The molecule has 2 amide bonds. The summed E-state index contributed by atoms with van der Waals surface area (Å²) in [4.78, 5) is 44.5. The maximum absolute atomic E-state index is 13.5. The first-order chi connectivity index (χ1) is 15.9. The highest BCUT2D eigenvalue weighted by atomic mass is 35.5. The molecule has 0 aliphatic carbocycles. The minimum Gasteiger partial charge on any atom is -0.273 e. The molecule has 0 saturated carbocycles. The SMILES string of the molecule is O=C1[C@H]2[C@H](ON(c3ccccc3)[C@@H]2c2ccc([N+](=O)[O-])cc2)C(=O)N1c1ccc(Cl)c(Cl)c1. The standard InChI is InChI=1S/C23H15Cl2N3O5/c24-17-11-10-16(12-18(17)25)26-22(29)19-20(13-6-8-15(9-7-13)28(31)32)27(33-21(19)23(26)30)14-4-2-1-3-5-14/h1-12,19-21H/t19-,20-,21+/m1/s1. The summed E-state index contributed by atoms with van der Waals surface area (Å²) in [6.07, 6.45) is -1.06. The van der Waals surface area contributed by atoms with E-state index in [1.54, 1.807) is 30.3 Å². The second-order valence-corrected chi connectivity index (χ2v) is 8.43. The summed E-state index contributed by atoms with van der Waals surface area (Å²) in [7, 11) is 0. The van der Waals surface area contributed by atoms with Crippen molar-refractivity contribution in [3.63, 3.8) is 0 Å². The smallest absolute Gasteiger partial charge is 0.269 e. The number of nitro groups is 1. The molecular formula is C23H15Cl2N3O5. The molecule has 3 aromatic rings. The number of amides is 2. The number of carbonyl (C=O) groups excluding carboxylic acids is 2. The van der Waals surface area contributed by atoms with Crippen molar-refractivity contribution in [1.82, 2.24) is 0 Å². The molecule has 2 heterocycles. The third-order valence-electron chi connectivity index (χ3n) is 5.73. The molecule has 2 fully saturated rings. The van der Waals surface area contributed by atoms with E-state index in [-0.39, 0.29) is 10.7 Å². The van der Waals surface area contributed by atoms with Crippen LogP contribution in [-0.2, 0) is 14.4 Å². The fourth-order valence-electron chi connectivity index (χ4n) is 4.22. The van der Waals surface area contributed by atoms with Crippen LogP contribution in [0.2, 0.25) is 10.0 Å². The lowest BCUT2D eigenvalue weighted by Crippen LogP contribution is -2.37. The molecule has 3 atom stereocenters. The number of hydrogen-bond donors (Lipinski definition) is 0. The Hall–Kier alpha value is -3.46. The van der Waals surface area contributed by atoms with Gasteiger partial charge in [0, 0.05) is 12.1 Å². The van der Waals surface area contributed by atoms with Crippen LogP contribution < -0.4 is 9.96 Å². The maximum Gasteiger partial charge on any atom is 0.269 e. The molecular weight excluding hydrogens is 469 g/mol. The van der Waals surface area contributed by atoms with E-state index < -0.39 is 34.8 Å². The molecule has 2 aliphatic heterocycles. The lowest BCUT2D eigenvalue weighted by Gasteiger charge is -2.28. The lowest BCUT2D eigenvalue weighted by atomic mass is 9.90. The zero-order chi connectivity index (χ0) is 23.3. The Morgan fingerprint density at radius 3 is 2.18 bits per heavy atom. The van der Waals surface area contributed by atoms with Crippen LogP contribution in [0.25, 0.3) is 0 Å². The second kappa shape index (κ2) is 8.15. The van der Waals surface area contributed by atoms with Crippen molar-refractivity contribution in [2.45, 2.75) is 12.1 Å². The molecule has 0 radical (unpaired) electrons. The number of nitrogens with zero attached hydrogens (tertiary/aromatic N) is 3. The van der Waals surface area contributed by atoms with Crippen LogP contribution in [0.15, 0.2) is 72.8 Å². The van der Waals surface area contributed by atoms with Crippen LogP contribution in [0.3, 0.4) is 0 Å². The number of benzene rings is 3. The summed E-state index contributed by atoms with van der Waals surface area (Å²) < 4.78 is 0. The topological polar surface area (TPSA) is 93.0 Å². The van der Waals surface area contributed by atoms with E-state index in [4.69, 9.17) is 28.0 Å². The van der Waals surface area contributed by atoms with Gasteiger partial charge in [-0.05, 0) is 35.9 Å². The van der Waals surface area contributed by atoms with Crippen LogP contribution >= 0.6 is 23.2 Å². The molecule has 2 aliphatic rings. The van der Waals surface area contributed by atoms with Gasteiger partial charge in [-0.15, -0.1) is 0 Å². The van der Waals surface area contributed by atoms with Gasteiger partial charge in [-0.3, -0.25) is 24.5 Å². The summed E-state index contributed by atoms with van der Waals surface area (Å²) >= 11 is 12.1. The zero-order valence-electron chi connectivity index (χ0n) is 16.8. The largest absolute Gasteiger partial charge is 0.273 e. The number of halogens is 2. The Bertz CT molecular complexity index is 1270. The van der Waals surface area contributed by atoms with E-state index in [1.807, 2.05) is 18.2 Å². The van der Waals surface area contributed by atoms with Crippen molar-refractivity contribution < 1.29 is 19.3 Å². The highest BCUT2D eigenvalue weighted by Crippen LogP contribution is 2.48. The minimum atomic E-state index is -1.06. The second-order valence-electron chi connectivity index (χ2n) is 7.62. The Kier molecular flexibility index (Phi) is 5.28. The van der Waals surface area contributed by atoms with Crippen molar-refractivity contribution in [2.75, 3.05) is 9.96 Å². The Labute approximate surface area is 198 Å². The first-order valence-corrected chi connectivity index (χ1v) is 10.7. The molecule has 33 heavy (non-hydrogen) atoms. The molecule has 0 unspecified atom stereocenters. The molecule has 5 rings (SSSR count).